The van der Waals surface area contributed by atoms with Crippen molar-refractivity contribution in [3.8, 4) is 0 Å². The zero-order chi connectivity index (χ0) is 13.8. The van der Waals surface area contributed by atoms with Crippen LogP contribution in [0.25, 0.3) is 0 Å². The van der Waals surface area contributed by atoms with Crippen LogP contribution in [0.1, 0.15) is 23.7 Å². The van der Waals surface area contributed by atoms with E-state index in [0.29, 0.717) is 12.0 Å². The van der Waals surface area contributed by atoms with Crippen molar-refractivity contribution < 1.29 is 18.3 Å². The fourth-order valence-corrected chi connectivity index (χ4v) is 2.68. The summed E-state index contributed by atoms with van der Waals surface area (Å²) in [7, 11) is -2.26. The standard InChI is InChI=1S/C12H17NO4S/c1-3-12(15)10-5-4-6-11(9-10)18(16,17)13(2)7-8-14/h4-6,9,14H,3,7-8H2,1-2H3. The second-order valence-corrected chi connectivity index (χ2v) is 5.90. The molecule has 0 aromatic heterocycles. The Morgan fingerprint density at radius 3 is 2.61 bits per heavy atom. The molecule has 0 aliphatic rings. The van der Waals surface area contributed by atoms with Gasteiger partial charge in [-0.05, 0) is 12.1 Å². The number of rotatable bonds is 6. The van der Waals surface area contributed by atoms with Crippen LogP contribution in [0.5, 0.6) is 0 Å². The van der Waals surface area contributed by atoms with Gasteiger partial charge >= 0.3 is 0 Å². The second-order valence-electron chi connectivity index (χ2n) is 3.85. The molecule has 0 bridgehead atoms. The minimum atomic E-state index is -3.64. The molecular formula is C12H17NO4S. The highest BCUT2D eigenvalue weighted by molar-refractivity contribution is 7.89. The van der Waals surface area contributed by atoms with Crippen molar-refractivity contribution >= 4 is 15.8 Å². The monoisotopic (exact) mass is 271 g/mol. The molecule has 0 atom stereocenters. The second kappa shape index (κ2) is 6.08. The highest BCUT2D eigenvalue weighted by Crippen LogP contribution is 2.16. The lowest BCUT2D eigenvalue weighted by Gasteiger charge is -2.16. The van der Waals surface area contributed by atoms with Gasteiger partial charge in [0.25, 0.3) is 0 Å². The van der Waals surface area contributed by atoms with Gasteiger partial charge in [-0.2, -0.15) is 4.31 Å². The molecule has 0 spiro atoms. The van der Waals surface area contributed by atoms with E-state index in [0.717, 1.165) is 4.31 Å². The number of aliphatic hydroxyl groups is 1. The maximum absolute atomic E-state index is 12.1. The molecule has 1 rings (SSSR count). The van der Waals surface area contributed by atoms with Crippen molar-refractivity contribution in [3.05, 3.63) is 29.8 Å². The van der Waals surface area contributed by atoms with Gasteiger partial charge in [0.2, 0.25) is 10.0 Å². The molecule has 0 aliphatic carbocycles. The van der Waals surface area contributed by atoms with Gasteiger partial charge in [-0.1, -0.05) is 19.1 Å². The number of nitrogens with zero attached hydrogens (tertiary/aromatic N) is 1. The number of sulfonamides is 1. The van der Waals surface area contributed by atoms with Gasteiger partial charge in [0, 0.05) is 25.6 Å². The smallest absolute Gasteiger partial charge is 0.242 e. The van der Waals surface area contributed by atoms with Crippen molar-refractivity contribution in [2.45, 2.75) is 18.2 Å². The largest absolute Gasteiger partial charge is 0.395 e. The number of carbonyl (C=O) groups is 1. The quantitative estimate of drug-likeness (QED) is 0.780. The molecule has 0 saturated carbocycles. The average molecular weight is 271 g/mol. The summed E-state index contributed by atoms with van der Waals surface area (Å²) in [6.07, 6.45) is 0.329. The van der Waals surface area contributed by atoms with Crippen LogP contribution in [0.3, 0.4) is 0 Å². The summed E-state index contributed by atoms with van der Waals surface area (Å²) in [5.41, 5.74) is 0.385. The Bertz CT molecular complexity index is 525. The molecule has 1 aromatic carbocycles. The van der Waals surface area contributed by atoms with Gasteiger partial charge in [0.05, 0.1) is 11.5 Å². The van der Waals surface area contributed by atoms with Crippen molar-refractivity contribution in [1.82, 2.24) is 4.31 Å². The first-order valence-electron chi connectivity index (χ1n) is 5.64. The predicted molar refractivity (Wildman–Crippen MR) is 68.0 cm³/mol. The zero-order valence-electron chi connectivity index (χ0n) is 10.5. The summed E-state index contributed by atoms with van der Waals surface area (Å²) in [5, 5.41) is 8.77. The van der Waals surface area contributed by atoms with E-state index >= 15 is 0 Å². The van der Waals surface area contributed by atoms with Crippen LogP contribution in [0.4, 0.5) is 0 Å². The van der Waals surface area contributed by atoms with Gasteiger partial charge in [0.1, 0.15) is 0 Å². The highest BCUT2D eigenvalue weighted by atomic mass is 32.2. The summed E-state index contributed by atoms with van der Waals surface area (Å²) in [5.74, 6) is -0.100. The zero-order valence-corrected chi connectivity index (χ0v) is 11.3. The van der Waals surface area contributed by atoms with Crippen LogP contribution >= 0.6 is 0 Å². The molecule has 0 amide bonds. The maximum Gasteiger partial charge on any atom is 0.242 e. The van der Waals surface area contributed by atoms with Crippen molar-refractivity contribution in [2.24, 2.45) is 0 Å². The number of likely N-dealkylation sites (N-methyl/N-ethyl adjacent to an activating group) is 1. The van der Waals surface area contributed by atoms with Crippen LogP contribution in [-0.4, -0.2) is 43.8 Å². The number of ketones is 1. The van der Waals surface area contributed by atoms with Crippen LogP contribution in [0, 0.1) is 0 Å². The van der Waals surface area contributed by atoms with E-state index in [1.165, 1.54) is 19.2 Å². The maximum atomic E-state index is 12.1. The summed E-state index contributed by atoms with van der Waals surface area (Å²) in [4.78, 5) is 11.6. The Kier molecular flexibility index (Phi) is 5.01. The Labute approximate surface area is 107 Å². The molecule has 18 heavy (non-hydrogen) atoms. The van der Waals surface area contributed by atoms with Crippen LogP contribution in [0.15, 0.2) is 29.2 Å². The third-order valence-electron chi connectivity index (χ3n) is 2.60. The lowest BCUT2D eigenvalue weighted by Crippen LogP contribution is -2.29. The van der Waals surface area contributed by atoms with E-state index in [1.807, 2.05) is 0 Å². The fraction of sp³-hybridized carbons (Fsp3) is 0.417. The minimum absolute atomic E-state index is 0.0221. The summed E-state index contributed by atoms with van der Waals surface area (Å²) >= 11 is 0. The predicted octanol–water partition coefficient (Wildman–Crippen LogP) is 0.892. The van der Waals surface area contributed by atoms with Crippen molar-refractivity contribution in [1.29, 1.82) is 0 Å². The molecule has 0 unspecified atom stereocenters. The summed E-state index contributed by atoms with van der Waals surface area (Å²) in [6, 6.07) is 5.95. The van der Waals surface area contributed by atoms with Gasteiger partial charge in [-0.25, -0.2) is 8.42 Å². The molecule has 0 saturated heterocycles. The number of hydrogen-bond acceptors (Lipinski definition) is 4. The first kappa shape index (κ1) is 14.8. The van der Waals surface area contributed by atoms with Crippen molar-refractivity contribution in [2.75, 3.05) is 20.2 Å². The molecule has 6 heteroatoms. The molecular weight excluding hydrogens is 254 g/mol. The van der Waals surface area contributed by atoms with E-state index in [4.69, 9.17) is 5.11 Å². The Hall–Kier alpha value is -1.24. The highest BCUT2D eigenvalue weighted by Gasteiger charge is 2.20. The van der Waals surface area contributed by atoms with Gasteiger partial charge < -0.3 is 5.11 Å². The third kappa shape index (κ3) is 3.16. The summed E-state index contributed by atoms with van der Waals surface area (Å²) in [6.45, 7) is 1.50. The molecule has 0 aliphatic heterocycles. The molecule has 0 radical (unpaired) electrons. The first-order valence-corrected chi connectivity index (χ1v) is 7.08. The van der Waals surface area contributed by atoms with E-state index in [2.05, 4.69) is 0 Å². The molecule has 1 N–H and O–H groups in total. The van der Waals surface area contributed by atoms with E-state index in [-0.39, 0.29) is 23.8 Å². The Morgan fingerprint density at radius 1 is 1.39 bits per heavy atom. The number of aliphatic hydroxyl groups excluding tert-OH is 1. The van der Waals surface area contributed by atoms with Gasteiger partial charge in [0.15, 0.2) is 5.78 Å². The molecule has 100 valence electrons. The average Bonchev–Trinajstić information content (AvgIpc) is 2.38. The van der Waals surface area contributed by atoms with Crippen LogP contribution in [-0.2, 0) is 10.0 Å². The SMILES string of the molecule is CCC(=O)c1cccc(S(=O)(=O)N(C)CCO)c1. The van der Waals surface area contributed by atoms with E-state index < -0.39 is 10.0 Å². The topological polar surface area (TPSA) is 74.7 Å². The normalized spacial score (nSPS) is 11.8. The lowest BCUT2D eigenvalue weighted by molar-refractivity contribution is 0.0988. The first-order chi connectivity index (χ1) is 8.43. The van der Waals surface area contributed by atoms with Crippen LogP contribution in [0.2, 0.25) is 0 Å². The minimum Gasteiger partial charge on any atom is -0.395 e. The molecule has 0 fully saturated rings. The van der Waals surface area contributed by atoms with Gasteiger partial charge in [-0.15, -0.1) is 0 Å². The van der Waals surface area contributed by atoms with Crippen LogP contribution < -0.4 is 0 Å². The molecule has 5 nitrogen and oxygen atoms in total. The van der Waals surface area contributed by atoms with Gasteiger partial charge in [-0.3, -0.25) is 4.79 Å². The van der Waals surface area contributed by atoms with E-state index in [9.17, 15) is 13.2 Å². The Balaban J connectivity index is 3.14. The molecule has 1 aromatic rings. The third-order valence-corrected chi connectivity index (χ3v) is 4.45. The van der Waals surface area contributed by atoms with Crippen molar-refractivity contribution in [3.63, 3.8) is 0 Å². The number of carbonyl (C=O) groups excluding carboxylic acids is 1. The lowest BCUT2D eigenvalue weighted by atomic mass is 10.1. The Morgan fingerprint density at radius 2 is 2.06 bits per heavy atom. The fourth-order valence-electron chi connectivity index (χ4n) is 1.48. The number of benzene rings is 1. The number of Topliss-reactive ketones (excluding diaryl/α,β-unsaturated/α-hetero) is 1. The molecule has 0 heterocycles. The van der Waals surface area contributed by atoms with E-state index in [1.54, 1.807) is 19.1 Å². The summed E-state index contributed by atoms with van der Waals surface area (Å²) < 4.78 is 25.2. The number of hydrogen-bond donors (Lipinski definition) is 1.